The maximum Gasteiger partial charge on any atom is 0.317 e. The van der Waals surface area contributed by atoms with Crippen LogP contribution in [0.15, 0.2) is 11.0 Å². The lowest BCUT2D eigenvalue weighted by Crippen LogP contribution is -2.45. The number of carbonyl (C=O) groups excluding carboxylic acids is 1. The molecular formula is C11H16BN3O2. The van der Waals surface area contributed by atoms with E-state index in [1.54, 1.807) is 23.6 Å². The Morgan fingerprint density at radius 3 is 2.82 bits per heavy atom. The van der Waals surface area contributed by atoms with Gasteiger partial charge in [0.1, 0.15) is 7.85 Å². The van der Waals surface area contributed by atoms with Crippen molar-refractivity contribution in [2.24, 2.45) is 7.05 Å². The second kappa shape index (κ2) is 4.27. The van der Waals surface area contributed by atoms with Crippen molar-refractivity contribution in [3.8, 4) is 0 Å². The molecule has 0 atom stereocenters. The third-order valence-corrected chi connectivity index (χ3v) is 3.29. The Hall–Kier alpha value is -1.72. The van der Waals surface area contributed by atoms with Crippen LogP contribution in [0.4, 0.5) is 4.79 Å². The standard InChI is InChI=1S/C11H16BN3O2/c1-13-11(17)15-4-3-7-8(5-15)9(12)6-14(2)10(7)16/h6H,3-5,12H2,1-2H3,(H,13,17). The first-order chi connectivity index (χ1) is 8.04. The minimum absolute atomic E-state index is 0.0576. The molecule has 0 spiro atoms. The summed E-state index contributed by atoms with van der Waals surface area (Å²) in [6.45, 7) is 1.13. The van der Waals surface area contributed by atoms with Gasteiger partial charge in [0, 0.05) is 38.9 Å². The number of aromatic nitrogens is 1. The number of pyridine rings is 1. The molecule has 17 heavy (non-hydrogen) atoms. The van der Waals surface area contributed by atoms with Crippen LogP contribution in [0.1, 0.15) is 11.1 Å². The maximum atomic E-state index is 12.0. The monoisotopic (exact) mass is 233 g/mol. The van der Waals surface area contributed by atoms with Crippen LogP contribution in [-0.4, -0.2) is 36.9 Å². The summed E-state index contributed by atoms with van der Waals surface area (Å²) < 4.78 is 1.61. The molecule has 0 saturated carbocycles. The molecule has 0 aromatic carbocycles. The van der Waals surface area contributed by atoms with Crippen molar-refractivity contribution in [2.75, 3.05) is 13.6 Å². The lowest BCUT2D eigenvalue weighted by Gasteiger charge is -2.29. The van der Waals surface area contributed by atoms with Crippen LogP contribution >= 0.6 is 0 Å². The Morgan fingerprint density at radius 1 is 1.47 bits per heavy atom. The molecule has 0 radical (unpaired) electrons. The summed E-state index contributed by atoms with van der Waals surface area (Å²) in [5, 5.41) is 2.61. The van der Waals surface area contributed by atoms with Crippen LogP contribution in [0.3, 0.4) is 0 Å². The van der Waals surface area contributed by atoms with Crippen molar-refractivity contribution in [3.05, 3.63) is 27.7 Å². The fourth-order valence-electron chi connectivity index (χ4n) is 2.33. The number of hydrogen-bond donors (Lipinski definition) is 1. The molecule has 0 fully saturated rings. The largest absolute Gasteiger partial charge is 0.341 e. The topological polar surface area (TPSA) is 54.3 Å². The van der Waals surface area contributed by atoms with E-state index in [-0.39, 0.29) is 11.6 Å². The summed E-state index contributed by atoms with van der Waals surface area (Å²) in [5.41, 5.74) is 2.98. The minimum atomic E-state index is -0.0873. The van der Waals surface area contributed by atoms with Crippen LogP contribution in [0.2, 0.25) is 0 Å². The van der Waals surface area contributed by atoms with Crippen LogP contribution in [0.25, 0.3) is 0 Å². The van der Waals surface area contributed by atoms with Gasteiger partial charge in [0.25, 0.3) is 5.56 Å². The molecule has 5 nitrogen and oxygen atoms in total. The summed E-state index contributed by atoms with van der Waals surface area (Å²) in [4.78, 5) is 25.3. The summed E-state index contributed by atoms with van der Waals surface area (Å²) in [5.74, 6) is 0. The number of aryl methyl sites for hydroxylation is 1. The summed E-state index contributed by atoms with van der Waals surface area (Å²) in [7, 11) is 5.36. The van der Waals surface area contributed by atoms with Gasteiger partial charge in [0.05, 0.1) is 0 Å². The number of amides is 2. The van der Waals surface area contributed by atoms with Gasteiger partial charge in [-0.15, -0.1) is 0 Å². The van der Waals surface area contributed by atoms with Gasteiger partial charge in [-0.2, -0.15) is 0 Å². The third-order valence-electron chi connectivity index (χ3n) is 3.29. The van der Waals surface area contributed by atoms with Crippen molar-refractivity contribution in [1.82, 2.24) is 14.8 Å². The highest BCUT2D eigenvalue weighted by atomic mass is 16.2. The molecule has 0 unspecified atom stereocenters. The number of hydrogen-bond acceptors (Lipinski definition) is 2. The normalized spacial score (nSPS) is 14.4. The van der Waals surface area contributed by atoms with Gasteiger partial charge in [-0.1, -0.05) is 5.46 Å². The Labute approximate surface area is 101 Å². The van der Waals surface area contributed by atoms with Crippen molar-refractivity contribution in [3.63, 3.8) is 0 Å². The van der Waals surface area contributed by atoms with Crippen LogP contribution in [-0.2, 0) is 20.0 Å². The predicted octanol–water partition coefficient (Wildman–Crippen LogP) is -1.66. The fraction of sp³-hybridized carbons (Fsp3) is 0.455. The van der Waals surface area contributed by atoms with Crippen molar-refractivity contribution >= 4 is 19.3 Å². The van der Waals surface area contributed by atoms with Crippen molar-refractivity contribution < 1.29 is 4.79 Å². The van der Waals surface area contributed by atoms with E-state index in [0.29, 0.717) is 19.5 Å². The van der Waals surface area contributed by atoms with Crippen LogP contribution in [0, 0.1) is 0 Å². The molecule has 1 N–H and O–H groups in total. The quantitative estimate of drug-likeness (QED) is 0.545. The number of rotatable bonds is 0. The Bertz CT molecular complexity index is 524. The first-order valence-corrected chi connectivity index (χ1v) is 5.69. The number of fused-ring (bicyclic) bond motifs is 1. The van der Waals surface area contributed by atoms with E-state index in [2.05, 4.69) is 5.32 Å². The zero-order chi connectivity index (χ0) is 12.6. The molecule has 6 heteroatoms. The van der Waals surface area contributed by atoms with E-state index in [4.69, 9.17) is 0 Å². The lowest BCUT2D eigenvalue weighted by molar-refractivity contribution is 0.194. The van der Waals surface area contributed by atoms with Gasteiger partial charge >= 0.3 is 6.03 Å². The number of carbonyl (C=O) groups is 1. The van der Waals surface area contributed by atoms with Gasteiger partial charge in [-0.3, -0.25) is 4.79 Å². The van der Waals surface area contributed by atoms with Crippen molar-refractivity contribution in [1.29, 1.82) is 0 Å². The second-order valence-electron chi connectivity index (χ2n) is 4.41. The first-order valence-electron chi connectivity index (χ1n) is 5.69. The lowest BCUT2D eigenvalue weighted by atomic mass is 9.87. The third kappa shape index (κ3) is 1.95. The zero-order valence-electron chi connectivity index (χ0n) is 10.4. The number of nitrogens with one attached hydrogen (secondary N) is 1. The highest BCUT2D eigenvalue weighted by Gasteiger charge is 2.23. The van der Waals surface area contributed by atoms with E-state index in [9.17, 15) is 9.59 Å². The highest BCUT2D eigenvalue weighted by Crippen LogP contribution is 2.13. The average molecular weight is 233 g/mol. The molecular weight excluding hydrogens is 217 g/mol. The fourth-order valence-corrected chi connectivity index (χ4v) is 2.33. The molecule has 0 aliphatic carbocycles. The number of nitrogens with zero attached hydrogens (tertiary/aromatic N) is 2. The van der Waals surface area contributed by atoms with E-state index >= 15 is 0 Å². The smallest absolute Gasteiger partial charge is 0.317 e. The van der Waals surface area contributed by atoms with Gasteiger partial charge in [0.15, 0.2) is 0 Å². The maximum absolute atomic E-state index is 12.0. The summed E-state index contributed by atoms with van der Waals surface area (Å²) in [6.07, 6.45) is 2.46. The van der Waals surface area contributed by atoms with E-state index < -0.39 is 0 Å². The van der Waals surface area contributed by atoms with Crippen molar-refractivity contribution in [2.45, 2.75) is 13.0 Å². The Balaban J connectivity index is 2.42. The van der Waals surface area contributed by atoms with Crippen LogP contribution in [0.5, 0.6) is 0 Å². The molecule has 0 bridgehead atoms. The van der Waals surface area contributed by atoms with Gasteiger partial charge in [-0.05, 0) is 12.0 Å². The number of urea groups is 1. The average Bonchev–Trinajstić information content (AvgIpc) is 2.34. The molecule has 1 aromatic heterocycles. The molecule has 90 valence electrons. The first kappa shape index (κ1) is 11.8. The van der Waals surface area contributed by atoms with E-state index in [1.807, 2.05) is 14.0 Å². The molecule has 1 aliphatic rings. The zero-order valence-corrected chi connectivity index (χ0v) is 10.4. The van der Waals surface area contributed by atoms with E-state index in [0.717, 1.165) is 16.6 Å². The SMILES string of the molecule is Bc1cn(C)c(=O)c2c1CN(C(=O)NC)CC2. The van der Waals surface area contributed by atoms with Gasteiger partial charge in [-0.25, -0.2) is 4.79 Å². The van der Waals surface area contributed by atoms with Gasteiger partial charge < -0.3 is 14.8 Å². The van der Waals surface area contributed by atoms with Gasteiger partial charge in [0.2, 0.25) is 0 Å². The Morgan fingerprint density at radius 2 is 2.18 bits per heavy atom. The molecule has 2 heterocycles. The minimum Gasteiger partial charge on any atom is -0.341 e. The van der Waals surface area contributed by atoms with Crippen LogP contribution < -0.4 is 16.3 Å². The summed E-state index contributed by atoms with van der Waals surface area (Å²) >= 11 is 0. The Kier molecular flexibility index (Phi) is 2.96. The highest BCUT2D eigenvalue weighted by molar-refractivity contribution is 6.33. The molecule has 2 amide bonds. The molecule has 2 rings (SSSR count). The predicted molar refractivity (Wildman–Crippen MR) is 68.4 cm³/mol. The summed E-state index contributed by atoms with van der Waals surface area (Å²) in [6, 6.07) is -0.0873. The van der Waals surface area contributed by atoms with E-state index in [1.165, 1.54) is 0 Å². The molecule has 1 aliphatic heterocycles. The second-order valence-corrected chi connectivity index (χ2v) is 4.41. The molecule has 0 saturated heterocycles. The molecule has 1 aromatic rings.